The normalized spacial score (nSPS) is 11.6. The van der Waals surface area contributed by atoms with E-state index < -0.39 is 0 Å². The van der Waals surface area contributed by atoms with Crippen molar-refractivity contribution in [3.05, 3.63) is 53.5 Å². The van der Waals surface area contributed by atoms with Gasteiger partial charge in [0, 0.05) is 36.1 Å². The van der Waals surface area contributed by atoms with Gasteiger partial charge in [-0.2, -0.15) is 5.10 Å². The summed E-state index contributed by atoms with van der Waals surface area (Å²) in [6.45, 7) is 6.10. The van der Waals surface area contributed by atoms with E-state index in [4.69, 9.17) is 0 Å². The van der Waals surface area contributed by atoms with E-state index in [1.54, 1.807) is 30.7 Å². The standard InChI is InChI=1S/C21H24N8O2/c1-21(2,3)28-19-18-13(4-5-29(6-7-30)20(18)31)8-17(27-19)26-16-9-15(22-12-23-16)14-10-24-25-11-14/h4-5,8-12,30H,6-7H2,1-3H3,(H,24,25)(H2,22,23,26,27,28). The van der Waals surface area contributed by atoms with Crippen molar-refractivity contribution in [3.63, 3.8) is 0 Å². The molecule has 0 fully saturated rings. The Bertz CT molecular complexity index is 1260. The lowest BCUT2D eigenvalue weighted by Crippen LogP contribution is -2.29. The van der Waals surface area contributed by atoms with Crippen molar-refractivity contribution in [2.24, 2.45) is 0 Å². The molecule has 0 radical (unpaired) electrons. The van der Waals surface area contributed by atoms with Crippen LogP contribution in [0, 0.1) is 0 Å². The molecule has 4 N–H and O–H groups in total. The second-order valence-electron chi connectivity index (χ2n) is 8.13. The average molecular weight is 420 g/mol. The fraction of sp³-hybridized carbons (Fsp3) is 0.286. The van der Waals surface area contributed by atoms with Gasteiger partial charge in [-0.1, -0.05) is 0 Å². The van der Waals surface area contributed by atoms with E-state index in [1.807, 2.05) is 26.8 Å². The van der Waals surface area contributed by atoms with E-state index in [9.17, 15) is 9.90 Å². The Morgan fingerprint density at radius 1 is 1.19 bits per heavy atom. The van der Waals surface area contributed by atoms with Gasteiger partial charge < -0.3 is 20.3 Å². The number of pyridine rings is 2. The van der Waals surface area contributed by atoms with Crippen LogP contribution in [0.4, 0.5) is 17.5 Å². The van der Waals surface area contributed by atoms with Crippen LogP contribution in [0.5, 0.6) is 0 Å². The van der Waals surface area contributed by atoms with Gasteiger partial charge in [0.2, 0.25) is 0 Å². The summed E-state index contributed by atoms with van der Waals surface area (Å²) in [6, 6.07) is 5.43. The Kier molecular flexibility index (Phi) is 5.38. The summed E-state index contributed by atoms with van der Waals surface area (Å²) < 4.78 is 1.48. The second kappa shape index (κ2) is 8.15. The molecule has 0 aliphatic carbocycles. The van der Waals surface area contributed by atoms with Crippen LogP contribution in [0.2, 0.25) is 0 Å². The molecule has 4 aromatic heterocycles. The number of anilines is 3. The van der Waals surface area contributed by atoms with Crippen LogP contribution in [0.25, 0.3) is 22.0 Å². The molecule has 0 unspecified atom stereocenters. The minimum Gasteiger partial charge on any atom is -0.395 e. The second-order valence-corrected chi connectivity index (χ2v) is 8.13. The highest BCUT2D eigenvalue weighted by Crippen LogP contribution is 2.26. The summed E-state index contributed by atoms with van der Waals surface area (Å²) in [6.07, 6.45) is 6.58. The summed E-state index contributed by atoms with van der Waals surface area (Å²) in [5, 5.41) is 23.7. The van der Waals surface area contributed by atoms with Gasteiger partial charge in [-0.25, -0.2) is 15.0 Å². The number of hydrogen-bond donors (Lipinski definition) is 4. The number of rotatable bonds is 6. The Hall–Kier alpha value is -3.79. The number of fused-ring (bicyclic) bond motifs is 1. The van der Waals surface area contributed by atoms with Crippen LogP contribution < -0.4 is 16.2 Å². The molecule has 0 aliphatic rings. The van der Waals surface area contributed by atoms with Crippen molar-refractivity contribution in [3.8, 4) is 11.3 Å². The zero-order valence-electron chi connectivity index (χ0n) is 17.5. The van der Waals surface area contributed by atoms with Gasteiger partial charge in [0.05, 0.1) is 23.9 Å². The minimum atomic E-state index is -0.313. The molecule has 4 rings (SSSR count). The van der Waals surface area contributed by atoms with Gasteiger partial charge >= 0.3 is 0 Å². The number of aromatic nitrogens is 6. The highest BCUT2D eigenvalue weighted by Gasteiger charge is 2.17. The van der Waals surface area contributed by atoms with Crippen LogP contribution >= 0.6 is 0 Å². The number of aromatic amines is 1. The monoisotopic (exact) mass is 420 g/mol. The number of nitrogens with one attached hydrogen (secondary N) is 3. The van der Waals surface area contributed by atoms with E-state index in [0.717, 1.165) is 10.9 Å². The number of H-pyrrole nitrogens is 1. The fourth-order valence-corrected chi connectivity index (χ4v) is 3.20. The van der Waals surface area contributed by atoms with Crippen molar-refractivity contribution >= 4 is 28.2 Å². The topological polar surface area (TPSA) is 134 Å². The van der Waals surface area contributed by atoms with E-state index in [0.29, 0.717) is 28.5 Å². The van der Waals surface area contributed by atoms with Gasteiger partial charge in [-0.05, 0) is 38.3 Å². The molecule has 0 aliphatic heterocycles. The van der Waals surface area contributed by atoms with Gasteiger partial charge in [-0.3, -0.25) is 9.89 Å². The third-order valence-electron chi connectivity index (χ3n) is 4.51. The van der Waals surface area contributed by atoms with Crippen LogP contribution in [0.1, 0.15) is 20.8 Å². The number of hydrogen-bond acceptors (Lipinski definition) is 8. The molecule has 4 aromatic rings. The Balaban J connectivity index is 1.78. The van der Waals surface area contributed by atoms with Crippen molar-refractivity contribution in [2.75, 3.05) is 17.2 Å². The molecule has 0 bridgehead atoms. The first-order valence-electron chi connectivity index (χ1n) is 9.85. The zero-order valence-corrected chi connectivity index (χ0v) is 17.5. The molecule has 0 aromatic carbocycles. The summed E-state index contributed by atoms with van der Waals surface area (Å²) in [5.41, 5.74) is 1.04. The molecular formula is C21H24N8O2. The first kappa shape index (κ1) is 20.5. The summed E-state index contributed by atoms with van der Waals surface area (Å²) >= 11 is 0. The first-order chi connectivity index (χ1) is 14.8. The van der Waals surface area contributed by atoms with E-state index >= 15 is 0 Å². The third-order valence-corrected chi connectivity index (χ3v) is 4.51. The number of aliphatic hydroxyl groups is 1. The minimum absolute atomic E-state index is 0.118. The fourth-order valence-electron chi connectivity index (χ4n) is 3.20. The highest BCUT2D eigenvalue weighted by atomic mass is 16.3. The molecule has 31 heavy (non-hydrogen) atoms. The van der Waals surface area contributed by atoms with Crippen LogP contribution in [0.3, 0.4) is 0 Å². The predicted octanol–water partition coefficient (Wildman–Crippen LogP) is 2.52. The lowest BCUT2D eigenvalue weighted by molar-refractivity contribution is 0.274. The van der Waals surface area contributed by atoms with E-state index in [2.05, 4.69) is 35.8 Å². The zero-order chi connectivity index (χ0) is 22.0. The third kappa shape index (κ3) is 4.53. The molecule has 10 heteroatoms. The molecule has 0 atom stereocenters. The molecular weight excluding hydrogens is 396 g/mol. The van der Waals surface area contributed by atoms with Gasteiger partial charge in [0.1, 0.15) is 23.8 Å². The van der Waals surface area contributed by atoms with Crippen LogP contribution in [0.15, 0.2) is 47.9 Å². The van der Waals surface area contributed by atoms with Crippen molar-refractivity contribution in [1.82, 2.24) is 29.7 Å². The predicted molar refractivity (Wildman–Crippen MR) is 119 cm³/mol. The lowest BCUT2D eigenvalue weighted by Gasteiger charge is -2.23. The molecule has 10 nitrogen and oxygen atoms in total. The van der Waals surface area contributed by atoms with Crippen molar-refractivity contribution < 1.29 is 5.11 Å². The SMILES string of the molecule is CC(C)(C)Nc1nc(Nc2cc(-c3cn[nH]c3)ncn2)cc2ccn(CCO)c(=O)c12. The van der Waals surface area contributed by atoms with Gasteiger partial charge in [0.15, 0.2) is 0 Å². The molecule has 0 saturated carbocycles. The Labute approximate surface area is 178 Å². The molecule has 0 amide bonds. The maximum Gasteiger partial charge on any atom is 0.262 e. The first-order valence-corrected chi connectivity index (χ1v) is 9.85. The van der Waals surface area contributed by atoms with Crippen LogP contribution in [-0.2, 0) is 6.54 Å². The number of nitrogens with zero attached hydrogens (tertiary/aromatic N) is 5. The molecule has 0 saturated heterocycles. The van der Waals surface area contributed by atoms with Crippen LogP contribution in [-0.4, -0.2) is 47.0 Å². The quantitative estimate of drug-likeness (QED) is 0.374. The highest BCUT2D eigenvalue weighted by molar-refractivity contribution is 5.93. The summed E-state index contributed by atoms with van der Waals surface area (Å²) in [5.74, 6) is 1.57. The maximum atomic E-state index is 13.0. The maximum absolute atomic E-state index is 13.0. The van der Waals surface area contributed by atoms with Gasteiger partial charge in [0.25, 0.3) is 5.56 Å². The molecule has 4 heterocycles. The average Bonchev–Trinajstić information content (AvgIpc) is 3.24. The largest absolute Gasteiger partial charge is 0.395 e. The number of aliphatic hydroxyl groups excluding tert-OH is 1. The van der Waals surface area contributed by atoms with Crippen molar-refractivity contribution in [1.29, 1.82) is 0 Å². The summed E-state index contributed by atoms with van der Waals surface area (Å²) in [4.78, 5) is 26.2. The van der Waals surface area contributed by atoms with Crippen molar-refractivity contribution in [2.45, 2.75) is 32.9 Å². The van der Waals surface area contributed by atoms with E-state index in [-0.39, 0.29) is 24.2 Å². The van der Waals surface area contributed by atoms with Gasteiger partial charge in [-0.15, -0.1) is 0 Å². The van der Waals surface area contributed by atoms with E-state index in [1.165, 1.54) is 10.9 Å². The molecule has 160 valence electrons. The lowest BCUT2D eigenvalue weighted by atomic mass is 10.1. The Morgan fingerprint density at radius 3 is 2.74 bits per heavy atom. The Morgan fingerprint density at radius 2 is 2.03 bits per heavy atom. The smallest absolute Gasteiger partial charge is 0.262 e. The molecule has 0 spiro atoms. The summed E-state index contributed by atoms with van der Waals surface area (Å²) in [7, 11) is 0.